The van der Waals surface area contributed by atoms with Crippen LogP contribution in [0.25, 0.3) is 5.76 Å². The van der Waals surface area contributed by atoms with E-state index >= 15 is 0 Å². The lowest BCUT2D eigenvalue weighted by Gasteiger charge is -2.25. The van der Waals surface area contributed by atoms with E-state index in [0.29, 0.717) is 17.5 Å². The van der Waals surface area contributed by atoms with Crippen molar-refractivity contribution in [2.45, 2.75) is 32.0 Å². The topological polar surface area (TPSA) is 87.1 Å². The van der Waals surface area contributed by atoms with Crippen molar-refractivity contribution in [1.29, 1.82) is 0 Å². The van der Waals surface area contributed by atoms with E-state index in [2.05, 4.69) is 0 Å². The number of phenols is 1. The van der Waals surface area contributed by atoms with Crippen LogP contribution in [0.4, 0.5) is 0 Å². The molecule has 2 heterocycles. The molecule has 0 aliphatic carbocycles. The largest absolute Gasteiger partial charge is 0.508 e. The van der Waals surface area contributed by atoms with Gasteiger partial charge < -0.3 is 19.8 Å². The zero-order chi connectivity index (χ0) is 23.1. The number of hydrogen-bond acceptors (Lipinski definition) is 5. The number of carbonyl (C=O) groups excluding carboxylic acids is 2. The summed E-state index contributed by atoms with van der Waals surface area (Å²) in [6, 6.07) is 20.2. The first-order chi connectivity index (χ1) is 15.9. The predicted octanol–water partition coefficient (Wildman–Crippen LogP) is 4.34. The highest BCUT2D eigenvalue weighted by Crippen LogP contribution is 2.42. The number of ether oxygens (including phenoxy) is 1. The Kier molecular flexibility index (Phi) is 5.13. The molecule has 2 atom stereocenters. The number of hydrogen-bond donors (Lipinski definition) is 2. The molecule has 166 valence electrons. The summed E-state index contributed by atoms with van der Waals surface area (Å²) in [5.41, 5.74) is 2.81. The fourth-order valence-electron chi connectivity index (χ4n) is 4.59. The van der Waals surface area contributed by atoms with E-state index in [1.54, 1.807) is 30.3 Å². The van der Waals surface area contributed by atoms with E-state index in [1.807, 2.05) is 37.3 Å². The Morgan fingerprint density at radius 1 is 1.03 bits per heavy atom. The third-order valence-corrected chi connectivity index (χ3v) is 6.09. The molecule has 1 amide bonds. The van der Waals surface area contributed by atoms with Gasteiger partial charge in [-0.15, -0.1) is 0 Å². The normalized spacial score (nSPS) is 21.2. The molecular weight excluding hydrogens is 418 g/mol. The van der Waals surface area contributed by atoms with Crippen LogP contribution in [0.3, 0.4) is 0 Å². The van der Waals surface area contributed by atoms with Gasteiger partial charge in [-0.3, -0.25) is 9.59 Å². The SMILES string of the molecule is CC1Cc2cc(/C(O)=C3/C(=O)C(=O)N(Cc4ccccc4)C3c3cccc(O)c3)ccc2O1. The summed E-state index contributed by atoms with van der Waals surface area (Å²) >= 11 is 0. The average molecular weight is 441 g/mol. The number of ketones is 1. The number of aliphatic hydroxyl groups is 1. The number of benzene rings is 3. The number of nitrogens with zero attached hydrogens (tertiary/aromatic N) is 1. The number of aromatic hydroxyl groups is 1. The highest BCUT2D eigenvalue weighted by molar-refractivity contribution is 6.46. The molecule has 0 saturated carbocycles. The summed E-state index contributed by atoms with van der Waals surface area (Å²) in [7, 11) is 0. The van der Waals surface area contributed by atoms with E-state index in [0.717, 1.165) is 16.9 Å². The second kappa shape index (κ2) is 8.13. The molecule has 1 saturated heterocycles. The van der Waals surface area contributed by atoms with Gasteiger partial charge in [-0.2, -0.15) is 0 Å². The predicted molar refractivity (Wildman–Crippen MR) is 123 cm³/mol. The molecule has 0 spiro atoms. The Bertz CT molecular complexity index is 1280. The highest BCUT2D eigenvalue weighted by atomic mass is 16.5. The van der Waals surface area contributed by atoms with Crippen molar-refractivity contribution in [1.82, 2.24) is 4.90 Å². The molecule has 5 rings (SSSR count). The molecule has 6 nitrogen and oxygen atoms in total. The van der Waals surface area contributed by atoms with Gasteiger partial charge in [-0.1, -0.05) is 42.5 Å². The molecule has 3 aromatic rings. The van der Waals surface area contributed by atoms with Crippen molar-refractivity contribution < 1.29 is 24.5 Å². The lowest BCUT2D eigenvalue weighted by Crippen LogP contribution is -2.29. The van der Waals surface area contributed by atoms with E-state index in [1.165, 1.54) is 17.0 Å². The Morgan fingerprint density at radius 2 is 1.82 bits per heavy atom. The first kappa shape index (κ1) is 20.8. The number of phenolic OH excluding ortho intramolecular Hbond substituents is 1. The minimum atomic E-state index is -0.833. The van der Waals surface area contributed by atoms with E-state index in [-0.39, 0.29) is 29.7 Å². The van der Waals surface area contributed by atoms with Crippen LogP contribution in [0.2, 0.25) is 0 Å². The lowest BCUT2D eigenvalue weighted by atomic mass is 9.94. The van der Waals surface area contributed by atoms with Crippen LogP contribution in [-0.4, -0.2) is 32.9 Å². The van der Waals surface area contributed by atoms with Crippen molar-refractivity contribution in [3.05, 3.63) is 101 Å². The maximum atomic E-state index is 13.2. The van der Waals surface area contributed by atoms with E-state index < -0.39 is 17.7 Å². The number of likely N-dealkylation sites (tertiary alicyclic amines) is 1. The first-order valence-electron chi connectivity index (χ1n) is 10.8. The third kappa shape index (κ3) is 3.74. The van der Waals surface area contributed by atoms with Crippen LogP contribution in [-0.2, 0) is 22.6 Å². The van der Waals surface area contributed by atoms with Gasteiger partial charge in [0.15, 0.2) is 0 Å². The smallest absolute Gasteiger partial charge is 0.295 e. The molecule has 2 unspecified atom stereocenters. The minimum absolute atomic E-state index is 0.00782. The number of aliphatic hydroxyl groups excluding tert-OH is 1. The van der Waals surface area contributed by atoms with Crippen LogP contribution in [0, 0.1) is 0 Å². The van der Waals surface area contributed by atoms with Crippen LogP contribution in [0.1, 0.15) is 35.2 Å². The molecule has 0 radical (unpaired) electrons. The van der Waals surface area contributed by atoms with Crippen LogP contribution in [0.15, 0.2) is 78.4 Å². The van der Waals surface area contributed by atoms with Gasteiger partial charge in [0, 0.05) is 18.5 Å². The molecule has 0 bridgehead atoms. The van der Waals surface area contributed by atoms with Crippen molar-refractivity contribution in [2.75, 3.05) is 0 Å². The Hall–Kier alpha value is -4.06. The summed E-state index contributed by atoms with van der Waals surface area (Å²) in [6.07, 6.45) is 0.746. The fraction of sp³-hybridized carbons (Fsp3) is 0.185. The second-order valence-electron chi connectivity index (χ2n) is 8.46. The Labute approximate surface area is 191 Å². The van der Waals surface area contributed by atoms with Crippen molar-refractivity contribution in [3.63, 3.8) is 0 Å². The molecule has 1 fully saturated rings. The van der Waals surface area contributed by atoms with Crippen molar-refractivity contribution in [3.8, 4) is 11.5 Å². The minimum Gasteiger partial charge on any atom is -0.508 e. The maximum absolute atomic E-state index is 13.2. The number of Topliss-reactive ketones (excluding diaryl/α,β-unsaturated/α-hetero) is 1. The number of rotatable bonds is 4. The molecule has 2 aliphatic heterocycles. The van der Waals surface area contributed by atoms with Gasteiger partial charge >= 0.3 is 0 Å². The van der Waals surface area contributed by atoms with E-state index in [9.17, 15) is 19.8 Å². The monoisotopic (exact) mass is 441 g/mol. The summed E-state index contributed by atoms with van der Waals surface area (Å²) in [4.78, 5) is 27.7. The van der Waals surface area contributed by atoms with Gasteiger partial charge in [0.05, 0.1) is 11.6 Å². The van der Waals surface area contributed by atoms with Crippen molar-refractivity contribution in [2.24, 2.45) is 0 Å². The average Bonchev–Trinajstić information content (AvgIpc) is 3.30. The first-order valence-corrected chi connectivity index (χ1v) is 10.8. The highest BCUT2D eigenvalue weighted by Gasteiger charge is 2.46. The van der Waals surface area contributed by atoms with E-state index in [4.69, 9.17) is 4.74 Å². The summed E-state index contributed by atoms with van der Waals surface area (Å²) in [6.45, 7) is 2.16. The van der Waals surface area contributed by atoms with Crippen molar-refractivity contribution >= 4 is 17.4 Å². The number of carbonyl (C=O) groups is 2. The Balaban J connectivity index is 1.64. The quantitative estimate of drug-likeness (QED) is 0.357. The summed E-state index contributed by atoms with van der Waals surface area (Å²) < 4.78 is 5.74. The summed E-state index contributed by atoms with van der Waals surface area (Å²) in [5.74, 6) is -0.900. The molecular formula is C27H23NO5. The van der Waals surface area contributed by atoms with Crippen LogP contribution >= 0.6 is 0 Å². The standard InChI is InChI=1S/C27H23NO5/c1-16-12-20-13-19(10-11-22(20)33-16)25(30)23-24(18-8-5-9-21(29)14-18)28(27(32)26(23)31)15-17-6-3-2-4-7-17/h2-11,13-14,16,24,29-30H,12,15H2,1H3/b25-23-. The van der Waals surface area contributed by atoms with Gasteiger partial charge in [0.2, 0.25) is 0 Å². The molecule has 0 aromatic heterocycles. The maximum Gasteiger partial charge on any atom is 0.295 e. The number of amides is 1. The fourth-order valence-corrected chi connectivity index (χ4v) is 4.59. The Morgan fingerprint density at radius 3 is 2.58 bits per heavy atom. The zero-order valence-electron chi connectivity index (χ0n) is 18.1. The van der Waals surface area contributed by atoms with Gasteiger partial charge in [0.1, 0.15) is 23.4 Å². The van der Waals surface area contributed by atoms with Gasteiger partial charge in [0.25, 0.3) is 11.7 Å². The van der Waals surface area contributed by atoms with Crippen LogP contribution in [0.5, 0.6) is 11.5 Å². The third-order valence-electron chi connectivity index (χ3n) is 6.09. The van der Waals surface area contributed by atoms with Gasteiger partial charge in [-0.25, -0.2) is 0 Å². The molecule has 33 heavy (non-hydrogen) atoms. The molecule has 3 aromatic carbocycles. The zero-order valence-corrected chi connectivity index (χ0v) is 18.1. The second-order valence-corrected chi connectivity index (χ2v) is 8.46. The molecule has 2 N–H and O–H groups in total. The van der Waals surface area contributed by atoms with Crippen LogP contribution < -0.4 is 4.74 Å². The summed E-state index contributed by atoms with van der Waals surface area (Å²) in [5, 5.41) is 21.3. The molecule has 6 heteroatoms. The number of fused-ring (bicyclic) bond motifs is 1. The molecule has 2 aliphatic rings. The lowest BCUT2D eigenvalue weighted by molar-refractivity contribution is -0.140. The van der Waals surface area contributed by atoms with Gasteiger partial charge in [-0.05, 0) is 53.9 Å².